The molecule has 1 amide bonds. The topological polar surface area (TPSA) is 35.6 Å². The van der Waals surface area contributed by atoms with Crippen LogP contribution in [0.2, 0.25) is 0 Å². The van der Waals surface area contributed by atoms with E-state index in [-0.39, 0.29) is 5.91 Å². The summed E-state index contributed by atoms with van der Waals surface area (Å²) >= 11 is 3.36. The molecular formula is C11H22BrN3O. The number of amides is 1. The van der Waals surface area contributed by atoms with Gasteiger partial charge in [-0.25, -0.2) is 0 Å². The Balaban J connectivity index is 2.39. The van der Waals surface area contributed by atoms with Crippen LogP contribution in [0, 0.1) is 0 Å². The molecule has 1 heterocycles. The van der Waals surface area contributed by atoms with Crippen molar-refractivity contribution in [2.24, 2.45) is 0 Å². The summed E-state index contributed by atoms with van der Waals surface area (Å²) in [5, 5.41) is 2.99. The first-order valence-corrected chi connectivity index (χ1v) is 6.46. The van der Waals surface area contributed by atoms with E-state index in [1.54, 1.807) is 0 Å². The normalized spacial score (nSPS) is 24.4. The molecule has 1 aliphatic heterocycles. The number of carbonyl (C=O) groups is 1. The van der Waals surface area contributed by atoms with Gasteiger partial charge in [0.05, 0.1) is 4.32 Å². The minimum atomic E-state index is -0.480. The number of likely N-dealkylation sites (N-methyl/N-ethyl adjacent to an activating group) is 2. The van der Waals surface area contributed by atoms with Crippen molar-refractivity contribution in [1.82, 2.24) is 15.1 Å². The predicted octanol–water partition coefficient (Wildman–Crippen LogP) is 0.522. The molecule has 0 spiro atoms. The van der Waals surface area contributed by atoms with Crippen molar-refractivity contribution in [2.45, 2.75) is 24.2 Å². The first-order chi connectivity index (χ1) is 7.30. The first-order valence-electron chi connectivity index (χ1n) is 5.66. The number of alkyl halides is 1. The quantitative estimate of drug-likeness (QED) is 0.771. The SMILES string of the molecule is CN1CCN(C)C(CNC(=O)C(C)(C)Br)C1. The first kappa shape index (κ1) is 13.9. The number of rotatable bonds is 3. The molecule has 0 aromatic carbocycles. The van der Waals surface area contributed by atoms with Gasteiger partial charge < -0.3 is 10.2 Å². The van der Waals surface area contributed by atoms with Gasteiger partial charge in [0, 0.05) is 32.2 Å². The van der Waals surface area contributed by atoms with Gasteiger partial charge in [0.25, 0.3) is 0 Å². The van der Waals surface area contributed by atoms with Gasteiger partial charge in [-0.05, 0) is 27.9 Å². The molecule has 94 valence electrons. The number of nitrogens with zero attached hydrogens (tertiary/aromatic N) is 2. The number of hydrogen-bond acceptors (Lipinski definition) is 3. The van der Waals surface area contributed by atoms with Gasteiger partial charge in [-0.15, -0.1) is 0 Å². The van der Waals surface area contributed by atoms with E-state index in [1.807, 2.05) is 13.8 Å². The second-order valence-corrected chi connectivity index (χ2v) is 7.06. The Hall–Kier alpha value is -0.130. The van der Waals surface area contributed by atoms with Gasteiger partial charge in [0.15, 0.2) is 0 Å². The smallest absolute Gasteiger partial charge is 0.236 e. The van der Waals surface area contributed by atoms with Crippen LogP contribution in [0.25, 0.3) is 0 Å². The highest BCUT2D eigenvalue weighted by molar-refractivity contribution is 9.10. The fourth-order valence-corrected chi connectivity index (χ4v) is 1.88. The highest BCUT2D eigenvalue weighted by atomic mass is 79.9. The number of carbonyl (C=O) groups excluding carboxylic acids is 1. The zero-order valence-electron chi connectivity index (χ0n) is 10.6. The van der Waals surface area contributed by atoms with Crippen LogP contribution in [0.15, 0.2) is 0 Å². The molecule has 1 N–H and O–H groups in total. The van der Waals surface area contributed by atoms with E-state index in [0.717, 1.165) is 19.6 Å². The summed E-state index contributed by atoms with van der Waals surface area (Å²) in [6, 6.07) is 0.414. The average molecular weight is 292 g/mol. The molecule has 0 aromatic heterocycles. The molecule has 16 heavy (non-hydrogen) atoms. The summed E-state index contributed by atoms with van der Waals surface area (Å²) in [5.41, 5.74) is 0. The van der Waals surface area contributed by atoms with Crippen LogP contribution in [0.4, 0.5) is 0 Å². The highest BCUT2D eigenvalue weighted by Crippen LogP contribution is 2.15. The molecule has 1 fully saturated rings. The molecule has 0 bridgehead atoms. The lowest BCUT2D eigenvalue weighted by Crippen LogP contribution is -2.55. The van der Waals surface area contributed by atoms with Gasteiger partial charge in [-0.1, -0.05) is 15.9 Å². The third-order valence-corrected chi connectivity index (χ3v) is 3.38. The summed E-state index contributed by atoms with van der Waals surface area (Å²) in [6.45, 7) is 7.62. The lowest BCUT2D eigenvalue weighted by atomic mass is 10.1. The van der Waals surface area contributed by atoms with Crippen LogP contribution in [-0.2, 0) is 4.79 Å². The van der Waals surface area contributed by atoms with E-state index in [9.17, 15) is 4.79 Å². The molecule has 0 radical (unpaired) electrons. The molecule has 1 atom stereocenters. The van der Waals surface area contributed by atoms with Crippen molar-refractivity contribution in [3.05, 3.63) is 0 Å². The largest absolute Gasteiger partial charge is 0.353 e. The summed E-state index contributed by atoms with van der Waals surface area (Å²) in [6.07, 6.45) is 0. The zero-order valence-corrected chi connectivity index (χ0v) is 12.2. The van der Waals surface area contributed by atoms with Gasteiger partial charge in [-0.2, -0.15) is 0 Å². The molecule has 1 saturated heterocycles. The number of nitrogens with one attached hydrogen (secondary N) is 1. The van der Waals surface area contributed by atoms with E-state index in [1.165, 1.54) is 0 Å². The van der Waals surface area contributed by atoms with E-state index < -0.39 is 4.32 Å². The maximum absolute atomic E-state index is 11.7. The van der Waals surface area contributed by atoms with Gasteiger partial charge >= 0.3 is 0 Å². The van der Waals surface area contributed by atoms with Crippen molar-refractivity contribution in [2.75, 3.05) is 40.3 Å². The standard InChI is InChI=1S/C11H22BrN3O/c1-11(2,12)10(16)13-7-9-8-14(3)5-6-15(9)4/h9H,5-8H2,1-4H3,(H,13,16). The van der Waals surface area contributed by atoms with Crippen LogP contribution >= 0.6 is 15.9 Å². The fourth-order valence-electron chi connectivity index (χ4n) is 1.74. The predicted molar refractivity (Wildman–Crippen MR) is 69.9 cm³/mol. The van der Waals surface area contributed by atoms with E-state index in [0.29, 0.717) is 12.6 Å². The molecule has 0 saturated carbocycles. The van der Waals surface area contributed by atoms with Gasteiger partial charge in [0.1, 0.15) is 0 Å². The Morgan fingerprint density at radius 1 is 1.44 bits per heavy atom. The number of piperazine rings is 1. The molecule has 1 rings (SSSR count). The van der Waals surface area contributed by atoms with Crippen LogP contribution < -0.4 is 5.32 Å². The maximum atomic E-state index is 11.7. The third kappa shape index (κ3) is 4.03. The van der Waals surface area contributed by atoms with E-state index in [4.69, 9.17) is 0 Å². The Labute approximate surface area is 106 Å². The number of hydrogen-bond donors (Lipinski definition) is 1. The van der Waals surface area contributed by atoms with Crippen molar-refractivity contribution >= 4 is 21.8 Å². The molecule has 1 aliphatic rings. The fraction of sp³-hybridized carbons (Fsp3) is 0.909. The number of halogens is 1. The van der Waals surface area contributed by atoms with Crippen molar-refractivity contribution in [3.63, 3.8) is 0 Å². The van der Waals surface area contributed by atoms with Crippen molar-refractivity contribution in [3.8, 4) is 0 Å². The van der Waals surface area contributed by atoms with Crippen LogP contribution in [0.5, 0.6) is 0 Å². The zero-order chi connectivity index (χ0) is 12.3. The summed E-state index contributed by atoms with van der Waals surface area (Å²) in [4.78, 5) is 16.3. The molecule has 1 unspecified atom stereocenters. The van der Waals surface area contributed by atoms with E-state index in [2.05, 4.69) is 45.1 Å². The monoisotopic (exact) mass is 291 g/mol. The lowest BCUT2D eigenvalue weighted by molar-refractivity contribution is -0.122. The summed E-state index contributed by atoms with van der Waals surface area (Å²) < 4.78 is -0.480. The molecule has 5 heteroatoms. The maximum Gasteiger partial charge on any atom is 0.236 e. The van der Waals surface area contributed by atoms with Crippen LogP contribution in [-0.4, -0.2) is 66.3 Å². The van der Waals surface area contributed by atoms with Crippen LogP contribution in [0.3, 0.4) is 0 Å². The third-order valence-electron chi connectivity index (χ3n) is 3.02. The minimum Gasteiger partial charge on any atom is -0.353 e. The van der Waals surface area contributed by atoms with Gasteiger partial charge in [0.2, 0.25) is 5.91 Å². The molecule has 0 aliphatic carbocycles. The van der Waals surface area contributed by atoms with Crippen molar-refractivity contribution < 1.29 is 4.79 Å². The Bertz CT molecular complexity index is 252. The van der Waals surface area contributed by atoms with Crippen molar-refractivity contribution in [1.29, 1.82) is 0 Å². The Morgan fingerprint density at radius 2 is 2.06 bits per heavy atom. The second-order valence-electron chi connectivity index (χ2n) is 5.08. The second kappa shape index (κ2) is 5.47. The van der Waals surface area contributed by atoms with Crippen LogP contribution in [0.1, 0.15) is 13.8 Å². The highest BCUT2D eigenvalue weighted by Gasteiger charge is 2.26. The molecule has 4 nitrogen and oxygen atoms in total. The summed E-state index contributed by atoms with van der Waals surface area (Å²) in [5.74, 6) is 0.0501. The van der Waals surface area contributed by atoms with Gasteiger partial charge in [-0.3, -0.25) is 9.69 Å². The molecular weight excluding hydrogens is 270 g/mol. The molecule has 0 aromatic rings. The average Bonchev–Trinajstić information content (AvgIpc) is 2.17. The lowest BCUT2D eigenvalue weighted by Gasteiger charge is -2.38. The summed E-state index contributed by atoms with van der Waals surface area (Å²) in [7, 11) is 4.24. The van der Waals surface area contributed by atoms with E-state index >= 15 is 0 Å². The Morgan fingerprint density at radius 3 is 2.62 bits per heavy atom. The minimum absolute atomic E-state index is 0.0501. The Kier molecular flexibility index (Phi) is 4.76.